The van der Waals surface area contributed by atoms with Gasteiger partial charge in [-0.15, -0.1) is 0 Å². The van der Waals surface area contributed by atoms with Crippen LogP contribution in [0.2, 0.25) is 0 Å². The number of pyridine rings is 1. The summed E-state index contributed by atoms with van der Waals surface area (Å²) >= 11 is 0. The zero-order valence-corrected chi connectivity index (χ0v) is 12.8. The van der Waals surface area contributed by atoms with Crippen molar-refractivity contribution in [2.24, 2.45) is 10.9 Å². The van der Waals surface area contributed by atoms with Crippen LogP contribution in [-0.4, -0.2) is 23.4 Å². The second-order valence-electron chi connectivity index (χ2n) is 4.97. The van der Waals surface area contributed by atoms with Gasteiger partial charge in [0.1, 0.15) is 5.75 Å². The van der Waals surface area contributed by atoms with Gasteiger partial charge in [0.05, 0.1) is 0 Å². The molecule has 2 N–H and O–H groups in total. The Morgan fingerprint density at radius 2 is 1.79 bits per heavy atom. The zero-order chi connectivity index (χ0) is 16.8. The molecule has 0 bridgehead atoms. The maximum Gasteiger partial charge on any atom is 0.372 e. The molecule has 0 aliphatic heterocycles. The van der Waals surface area contributed by atoms with Gasteiger partial charge in [0, 0.05) is 18.0 Å². The van der Waals surface area contributed by atoms with Crippen LogP contribution in [0.25, 0.3) is 10.8 Å². The quantitative estimate of drug-likeness (QED) is 0.338. The Morgan fingerprint density at radius 1 is 1.04 bits per heavy atom. The molecular formula is C18H15N3O3. The number of carbonyl (C=O) groups excluding carboxylic acids is 1. The summed E-state index contributed by atoms with van der Waals surface area (Å²) in [6.07, 6.45) is 3.14. The van der Waals surface area contributed by atoms with Crippen LogP contribution < -0.4 is 10.5 Å². The standard InChI is InChI=1S/C18H15N3O3/c19-18(14-7-9-20-10-8-14)21-24-17(22)12-23-16-6-5-13-3-1-2-4-15(13)11-16/h1-11H,12H2,(H2,19,21). The maximum absolute atomic E-state index is 11.7. The number of aromatic nitrogens is 1. The highest BCUT2D eigenvalue weighted by Crippen LogP contribution is 2.20. The molecule has 0 unspecified atom stereocenters. The largest absolute Gasteiger partial charge is 0.482 e. The van der Waals surface area contributed by atoms with E-state index in [1.54, 1.807) is 30.6 Å². The minimum atomic E-state index is -0.639. The molecule has 24 heavy (non-hydrogen) atoms. The fourth-order valence-electron chi connectivity index (χ4n) is 2.10. The molecule has 3 rings (SSSR count). The first-order valence-electron chi connectivity index (χ1n) is 7.28. The fourth-order valence-corrected chi connectivity index (χ4v) is 2.10. The lowest BCUT2D eigenvalue weighted by Crippen LogP contribution is -2.18. The lowest BCUT2D eigenvalue weighted by molar-refractivity contribution is -0.146. The first-order chi connectivity index (χ1) is 11.7. The van der Waals surface area contributed by atoms with E-state index in [1.807, 2.05) is 36.4 Å². The SMILES string of the molecule is NC(=NOC(=O)COc1ccc2ccccc2c1)c1ccncc1. The number of hydrogen-bond acceptors (Lipinski definition) is 5. The van der Waals surface area contributed by atoms with Gasteiger partial charge in [-0.2, -0.15) is 0 Å². The van der Waals surface area contributed by atoms with Crippen LogP contribution in [0.15, 0.2) is 72.1 Å². The number of rotatable bonds is 5. The Bertz CT molecular complexity index is 879. The van der Waals surface area contributed by atoms with E-state index >= 15 is 0 Å². The van der Waals surface area contributed by atoms with Gasteiger partial charge in [-0.25, -0.2) is 4.79 Å². The number of nitrogens with two attached hydrogens (primary N) is 1. The summed E-state index contributed by atoms with van der Waals surface area (Å²) in [5.41, 5.74) is 6.34. The molecule has 2 aromatic carbocycles. The molecule has 0 aliphatic rings. The van der Waals surface area contributed by atoms with Crippen molar-refractivity contribution >= 4 is 22.6 Å². The summed E-state index contributed by atoms with van der Waals surface area (Å²) < 4.78 is 5.42. The van der Waals surface area contributed by atoms with Crippen molar-refractivity contribution in [3.8, 4) is 5.75 Å². The van der Waals surface area contributed by atoms with Crippen molar-refractivity contribution < 1.29 is 14.4 Å². The van der Waals surface area contributed by atoms with E-state index in [4.69, 9.17) is 15.3 Å². The summed E-state index contributed by atoms with van der Waals surface area (Å²) in [5.74, 6) is 0.0355. The van der Waals surface area contributed by atoms with Gasteiger partial charge in [-0.3, -0.25) is 4.98 Å². The van der Waals surface area contributed by atoms with Crippen LogP contribution in [0.3, 0.4) is 0 Å². The normalized spacial score (nSPS) is 11.2. The average Bonchev–Trinajstić information content (AvgIpc) is 2.65. The van der Waals surface area contributed by atoms with Gasteiger partial charge in [0.25, 0.3) is 0 Å². The van der Waals surface area contributed by atoms with Gasteiger partial charge < -0.3 is 15.3 Å². The van der Waals surface area contributed by atoms with Crippen molar-refractivity contribution in [1.82, 2.24) is 4.98 Å². The molecule has 0 amide bonds. The highest BCUT2D eigenvalue weighted by molar-refractivity contribution is 5.97. The van der Waals surface area contributed by atoms with Crippen LogP contribution in [0, 0.1) is 0 Å². The third-order valence-electron chi connectivity index (χ3n) is 3.30. The number of amidine groups is 1. The first-order valence-corrected chi connectivity index (χ1v) is 7.28. The van der Waals surface area contributed by atoms with Crippen LogP contribution in [0.4, 0.5) is 0 Å². The molecule has 0 spiro atoms. The Kier molecular flexibility index (Phi) is 4.67. The third kappa shape index (κ3) is 3.86. The van der Waals surface area contributed by atoms with E-state index in [-0.39, 0.29) is 12.4 Å². The molecule has 0 saturated heterocycles. The van der Waals surface area contributed by atoms with Crippen molar-refractivity contribution in [3.05, 3.63) is 72.6 Å². The van der Waals surface area contributed by atoms with E-state index in [0.717, 1.165) is 10.8 Å². The maximum atomic E-state index is 11.7. The van der Waals surface area contributed by atoms with Crippen LogP contribution in [0.1, 0.15) is 5.56 Å². The number of carbonyl (C=O) groups is 1. The van der Waals surface area contributed by atoms with E-state index in [1.165, 1.54) is 0 Å². The Hall–Kier alpha value is -3.41. The fraction of sp³-hybridized carbons (Fsp3) is 0.0556. The number of benzene rings is 2. The average molecular weight is 321 g/mol. The molecule has 0 atom stereocenters. The van der Waals surface area contributed by atoms with Gasteiger partial charge >= 0.3 is 5.97 Å². The first kappa shape index (κ1) is 15.5. The van der Waals surface area contributed by atoms with Crippen LogP contribution >= 0.6 is 0 Å². The Morgan fingerprint density at radius 3 is 2.58 bits per heavy atom. The topological polar surface area (TPSA) is 86.8 Å². The molecule has 120 valence electrons. The van der Waals surface area contributed by atoms with Gasteiger partial charge in [-0.1, -0.05) is 35.5 Å². The molecule has 0 aliphatic carbocycles. The van der Waals surface area contributed by atoms with E-state index in [9.17, 15) is 4.79 Å². The predicted molar refractivity (Wildman–Crippen MR) is 90.5 cm³/mol. The van der Waals surface area contributed by atoms with E-state index in [2.05, 4.69) is 10.1 Å². The second kappa shape index (κ2) is 7.23. The summed E-state index contributed by atoms with van der Waals surface area (Å²) in [5, 5.41) is 5.72. The smallest absolute Gasteiger partial charge is 0.372 e. The van der Waals surface area contributed by atoms with Crippen molar-refractivity contribution in [2.45, 2.75) is 0 Å². The van der Waals surface area contributed by atoms with Gasteiger partial charge in [-0.05, 0) is 35.0 Å². The zero-order valence-electron chi connectivity index (χ0n) is 12.8. The van der Waals surface area contributed by atoms with Crippen molar-refractivity contribution in [3.63, 3.8) is 0 Å². The van der Waals surface area contributed by atoms with Crippen molar-refractivity contribution in [1.29, 1.82) is 0 Å². The summed E-state index contributed by atoms with van der Waals surface area (Å²) in [7, 11) is 0. The van der Waals surface area contributed by atoms with Crippen LogP contribution in [-0.2, 0) is 9.63 Å². The minimum Gasteiger partial charge on any atom is -0.482 e. The number of hydrogen-bond donors (Lipinski definition) is 1. The second-order valence-corrected chi connectivity index (χ2v) is 4.97. The van der Waals surface area contributed by atoms with Crippen molar-refractivity contribution in [2.75, 3.05) is 6.61 Å². The molecule has 6 nitrogen and oxygen atoms in total. The lowest BCUT2D eigenvalue weighted by Gasteiger charge is -2.06. The number of fused-ring (bicyclic) bond motifs is 1. The Balaban J connectivity index is 1.57. The monoisotopic (exact) mass is 321 g/mol. The summed E-state index contributed by atoms with van der Waals surface area (Å²) in [6.45, 7) is -0.258. The third-order valence-corrected chi connectivity index (χ3v) is 3.30. The molecule has 1 aromatic heterocycles. The molecule has 0 saturated carbocycles. The molecule has 6 heteroatoms. The number of nitrogens with zero attached hydrogens (tertiary/aromatic N) is 2. The summed E-state index contributed by atoms with van der Waals surface area (Å²) in [4.78, 5) is 20.3. The van der Waals surface area contributed by atoms with Gasteiger partial charge in [0.2, 0.25) is 0 Å². The molecule has 0 radical (unpaired) electrons. The lowest BCUT2D eigenvalue weighted by atomic mass is 10.1. The highest BCUT2D eigenvalue weighted by atomic mass is 16.7. The number of ether oxygens (including phenoxy) is 1. The highest BCUT2D eigenvalue weighted by Gasteiger charge is 2.06. The molecule has 1 heterocycles. The number of oxime groups is 1. The van der Waals surface area contributed by atoms with E-state index < -0.39 is 5.97 Å². The summed E-state index contributed by atoms with van der Waals surface area (Å²) in [6, 6.07) is 16.8. The Labute approximate surface area is 138 Å². The predicted octanol–water partition coefficient (Wildman–Crippen LogP) is 2.48. The minimum absolute atomic E-state index is 0.0939. The van der Waals surface area contributed by atoms with Gasteiger partial charge in [0.15, 0.2) is 12.4 Å². The molecule has 3 aromatic rings. The van der Waals surface area contributed by atoms with Crippen LogP contribution in [0.5, 0.6) is 5.75 Å². The molecular weight excluding hydrogens is 306 g/mol. The molecule has 0 fully saturated rings. The van der Waals surface area contributed by atoms with E-state index in [0.29, 0.717) is 11.3 Å².